The number of hydrogen-bond acceptors (Lipinski definition) is 6. The van der Waals surface area contributed by atoms with Crippen molar-refractivity contribution in [3.63, 3.8) is 0 Å². The largest absolute Gasteiger partial charge is 0.466 e. The quantitative estimate of drug-likeness (QED) is 0.290. The van der Waals surface area contributed by atoms with Crippen molar-refractivity contribution in [1.82, 2.24) is 0 Å². The van der Waals surface area contributed by atoms with Gasteiger partial charge in [0.05, 0.1) is 25.1 Å². The van der Waals surface area contributed by atoms with E-state index < -0.39 is 17.1 Å². The molecule has 29 heavy (non-hydrogen) atoms. The van der Waals surface area contributed by atoms with Crippen LogP contribution in [0.1, 0.15) is 55.4 Å². The van der Waals surface area contributed by atoms with Crippen LogP contribution in [-0.4, -0.2) is 48.2 Å². The second kappa shape index (κ2) is 9.83. The van der Waals surface area contributed by atoms with Crippen molar-refractivity contribution in [1.29, 1.82) is 0 Å². The molecule has 0 radical (unpaired) electrons. The van der Waals surface area contributed by atoms with Crippen LogP contribution in [0.4, 0.5) is 0 Å². The van der Waals surface area contributed by atoms with E-state index in [9.17, 15) is 4.79 Å². The minimum Gasteiger partial charge on any atom is -0.466 e. The van der Waals surface area contributed by atoms with Gasteiger partial charge in [-0.05, 0) is 34.3 Å². The van der Waals surface area contributed by atoms with E-state index in [-0.39, 0.29) is 17.3 Å². The van der Waals surface area contributed by atoms with Crippen molar-refractivity contribution in [2.45, 2.75) is 88.9 Å². The Balaban J connectivity index is 2.45. The Bertz CT molecular complexity index is 629. The SMILES string of the molecule is COC(=O)/C=C\C1=C[C@@H]2O[Si](C(C)C)(C(C)C)O[Si](C(C)C)(C(C)C)OC[C@H]2S1. The fourth-order valence-electron chi connectivity index (χ4n) is 4.24. The molecule has 0 spiro atoms. The van der Waals surface area contributed by atoms with Crippen LogP contribution >= 0.6 is 11.8 Å². The normalized spacial score (nSPS) is 26.7. The van der Waals surface area contributed by atoms with E-state index in [2.05, 4.69) is 61.5 Å². The van der Waals surface area contributed by atoms with E-state index in [4.69, 9.17) is 17.7 Å². The number of thioether (sulfide) groups is 1. The minimum atomic E-state index is -2.58. The van der Waals surface area contributed by atoms with Crippen molar-refractivity contribution < 1.29 is 22.5 Å². The summed E-state index contributed by atoms with van der Waals surface area (Å²) in [6, 6.07) is 0. The van der Waals surface area contributed by atoms with E-state index in [0.29, 0.717) is 28.8 Å². The summed E-state index contributed by atoms with van der Waals surface area (Å²) in [6.45, 7) is 18.4. The Hall–Kier alpha value is -0.386. The molecule has 0 unspecified atom stereocenters. The van der Waals surface area contributed by atoms with E-state index in [1.807, 2.05) is 6.08 Å². The third-order valence-electron chi connectivity index (χ3n) is 5.90. The van der Waals surface area contributed by atoms with Gasteiger partial charge in [0.15, 0.2) is 0 Å². The molecule has 2 rings (SSSR count). The molecule has 0 aromatic heterocycles. The second-order valence-corrected chi connectivity index (χ2v) is 19.3. The topological polar surface area (TPSA) is 54.0 Å². The Morgan fingerprint density at radius 2 is 1.62 bits per heavy atom. The molecule has 1 fully saturated rings. The summed E-state index contributed by atoms with van der Waals surface area (Å²) >= 11 is 1.72. The summed E-state index contributed by atoms with van der Waals surface area (Å²) in [6.07, 6.45) is 5.33. The fraction of sp³-hybridized carbons (Fsp3) is 0.762. The molecule has 5 nitrogen and oxygen atoms in total. The third kappa shape index (κ3) is 5.10. The van der Waals surface area contributed by atoms with Gasteiger partial charge in [-0.1, -0.05) is 55.4 Å². The van der Waals surface area contributed by atoms with E-state index in [1.165, 1.54) is 13.2 Å². The zero-order chi connectivity index (χ0) is 22.0. The molecular weight excluding hydrogens is 420 g/mol. The van der Waals surface area contributed by atoms with Crippen molar-refractivity contribution in [2.24, 2.45) is 0 Å². The lowest BCUT2D eigenvalue weighted by Crippen LogP contribution is -2.64. The first-order chi connectivity index (χ1) is 13.5. The van der Waals surface area contributed by atoms with Gasteiger partial charge in [0.2, 0.25) is 0 Å². The van der Waals surface area contributed by atoms with Gasteiger partial charge < -0.3 is 17.7 Å². The number of hydrogen-bond donors (Lipinski definition) is 0. The highest BCUT2D eigenvalue weighted by Crippen LogP contribution is 2.49. The first-order valence-corrected chi connectivity index (χ1v) is 15.5. The smallest absolute Gasteiger partial charge is 0.335 e. The highest BCUT2D eigenvalue weighted by atomic mass is 32.2. The lowest BCUT2D eigenvalue weighted by atomic mass is 10.2. The van der Waals surface area contributed by atoms with Crippen LogP contribution in [0.5, 0.6) is 0 Å². The molecule has 1 saturated heterocycles. The average molecular weight is 459 g/mol. The maximum Gasteiger partial charge on any atom is 0.335 e. The van der Waals surface area contributed by atoms with Gasteiger partial charge in [-0.25, -0.2) is 4.79 Å². The summed E-state index contributed by atoms with van der Waals surface area (Å²) in [7, 11) is -3.69. The first-order valence-electron chi connectivity index (χ1n) is 10.6. The van der Waals surface area contributed by atoms with Gasteiger partial charge >= 0.3 is 23.1 Å². The summed E-state index contributed by atoms with van der Waals surface area (Å²) in [5.74, 6) is -0.351. The average Bonchev–Trinajstić information content (AvgIpc) is 3.00. The maximum absolute atomic E-state index is 11.5. The van der Waals surface area contributed by atoms with Gasteiger partial charge in [-0.2, -0.15) is 0 Å². The summed E-state index contributed by atoms with van der Waals surface area (Å²) < 4.78 is 25.6. The maximum atomic E-state index is 11.5. The Morgan fingerprint density at radius 3 is 2.10 bits per heavy atom. The molecule has 0 amide bonds. The zero-order valence-corrected chi connectivity index (χ0v) is 22.2. The van der Waals surface area contributed by atoms with Crippen LogP contribution in [0, 0.1) is 0 Å². The molecule has 166 valence electrons. The van der Waals surface area contributed by atoms with Gasteiger partial charge in [0.1, 0.15) is 0 Å². The number of esters is 1. The predicted molar refractivity (Wildman–Crippen MR) is 124 cm³/mol. The lowest BCUT2D eigenvalue weighted by Gasteiger charge is -2.51. The summed E-state index contributed by atoms with van der Waals surface area (Å²) in [4.78, 5) is 12.5. The monoisotopic (exact) mass is 458 g/mol. The van der Waals surface area contributed by atoms with Crippen LogP contribution in [0.3, 0.4) is 0 Å². The number of carbonyl (C=O) groups is 1. The molecule has 2 aliphatic heterocycles. The van der Waals surface area contributed by atoms with Gasteiger partial charge in [-0.3, -0.25) is 0 Å². The molecule has 0 N–H and O–H groups in total. The molecule has 0 aromatic carbocycles. The van der Waals surface area contributed by atoms with Gasteiger partial charge in [-0.15, -0.1) is 11.8 Å². The number of rotatable bonds is 6. The molecule has 0 bridgehead atoms. The molecular formula is C21H38O5SSi2. The second-order valence-electron chi connectivity index (χ2n) is 9.14. The number of carbonyl (C=O) groups excluding carboxylic acids is 1. The standard InChI is InChI=1S/C21H38O5SSi2/c1-14(2)28(15(3)4)24-13-20-19(12-18(27-20)10-11-21(22)23-9)25-29(26-28,16(5)6)17(7)8/h10-12,14-17,19-20H,13H2,1-9H3/b11-10-/t19-,20+/m0/s1. The highest BCUT2D eigenvalue weighted by Gasteiger charge is 2.59. The fourth-order valence-corrected chi connectivity index (χ4v) is 16.7. The van der Waals surface area contributed by atoms with Gasteiger partial charge in [0, 0.05) is 11.0 Å². The highest BCUT2D eigenvalue weighted by molar-refractivity contribution is 8.04. The molecule has 2 heterocycles. The Morgan fingerprint density at radius 1 is 1.07 bits per heavy atom. The predicted octanol–water partition coefficient (Wildman–Crippen LogP) is 5.67. The van der Waals surface area contributed by atoms with Crippen molar-refractivity contribution in [2.75, 3.05) is 13.7 Å². The summed E-state index contributed by atoms with van der Waals surface area (Å²) in [5.41, 5.74) is 1.29. The van der Waals surface area contributed by atoms with E-state index >= 15 is 0 Å². The molecule has 0 aromatic rings. The number of methoxy groups -OCH3 is 1. The van der Waals surface area contributed by atoms with Crippen LogP contribution in [0.2, 0.25) is 22.2 Å². The third-order valence-corrected chi connectivity index (χ3v) is 17.4. The molecule has 2 atom stereocenters. The van der Waals surface area contributed by atoms with Gasteiger partial charge in [0.25, 0.3) is 0 Å². The van der Waals surface area contributed by atoms with Crippen LogP contribution < -0.4 is 0 Å². The van der Waals surface area contributed by atoms with E-state index in [1.54, 1.807) is 11.8 Å². The first kappa shape index (κ1) is 24.9. The van der Waals surface area contributed by atoms with Crippen LogP contribution in [-0.2, 0) is 22.5 Å². The number of fused-ring (bicyclic) bond motifs is 1. The number of ether oxygens (including phenoxy) is 1. The molecule has 0 saturated carbocycles. The number of allylic oxidation sites excluding steroid dienone is 1. The van der Waals surface area contributed by atoms with Crippen molar-refractivity contribution >= 4 is 34.9 Å². The molecule has 2 aliphatic rings. The zero-order valence-electron chi connectivity index (χ0n) is 19.4. The van der Waals surface area contributed by atoms with Crippen molar-refractivity contribution in [3.8, 4) is 0 Å². The summed E-state index contributed by atoms with van der Waals surface area (Å²) in [5, 5.41) is 0.171. The van der Waals surface area contributed by atoms with Crippen LogP contribution in [0.15, 0.2) is 23.1 Å². The minimum absolute atomic E-state index is 0.0694. The van der Waals surface area contributed by atoms with Crippen molar-refractivity contribution in [3.05, 3.63) is 23.1 Å². The Labute approximate surface area is 183 Å². The Kier molecular flexibility index (Phi) is 8.43. The molecule has 0 aliphatic carbocycles. The lowest BCUT2D eigenvalue weighted by molar-refractivity contribution is -0.134. The van der Waals surface area contributed by atoms with E-state index in [0.717, 1.165) is 4.91 Å². The van der Waals surface area contributed by atoms with Crippen LogP contribution in [0.25, 0.3) is 0 Å². The molecule has 8 heteroatoms.